The van der Waals surface area contributed by atoms with Crippen molar-refractivity contribution in [1.29, 1.82) is 0 Å². The molecule has 25 heavy (non-hydrogen) atoms. The Bertz CT molecular complexity index is 571. The van der Waals surface area contributed by atoms with Gasteiger partial charge in [0.15, 0.2) is 0 Å². The molecular formula is C21H31NO3. The molecule has 1 heterocycles. The Morgan fingerprint density at radius 2 is 1.72 bits per heavy atom. The van der Waals surface area contributed by atoms with Gasteiger partial charge < -0.3 is 9.64 Å². The number of carbonyl (C=O) groups excluding carboxylic acids is 2. The van der Waals surface area contributed by atoms with Crippen molar-refractivity contribution in [3.05, 3.63) is 35.4 Å². The predicted octanol–water partition coefficient (Wildman–Crippen LogP) is 3.79. The van der Waals surface area contributed by atoms with E-state index in [1.165, 1.54) is 5.56 Å². The van der Waals surface area contributed by atoms with Crippen LogP contribution in [0.15, 0.2) is 24.3 Å². The molecule has 1 aliphatic rings. The Morgan fingerprint density at radius 1 is 1.12 bits per heavy atom. The van der Waals surface area contributed by atoms with Crippen LogP contribution >= 0.6 is 0 Å². The number of piperidine rings is 1. The monoisotopic (exact) mass is 345 g/mol. The van der Waals surface area contributed by atoms with Crippen molar-refractivity contribution >= 4 is 11.9 Å². The van der Waals surface area contributed by atoms with E-state index in [-0.39, 0.29) is 23.7 Å². The lowest BCUT2D eigenvalue weighted by molar-refractivity contribution is -0.151. The van der Waals surface area contributed by atoms with Gasteiger partial charge in [0.05, 0.1) is 18.4 Å². The second-order valence-corrected chi connectivity index (χ2v) is 7.41. The van der Waals surface area contributed by atoms with Crippen LogP contribution in [0.4, 0.5) is 0 Å². The van der Waals surface area contributed by atoms with Crippen molar-refractivity contribution in [2.45, 2.75) is 52.9 Å². The molecule has 4 nitrogen and oxygen atoms in total. The van der Waals surface area contributed by atoms with E-state index in [0.717, 1.165) is 12.0 Å². The smallest absolute Gasteiger partial charge is 0.309 e. The van der Waals surface area contributed by atoms with Crippen LogP contribution in [-0.4, -0.2) is 36.5 Å². The molecule has 1 aliphatic heterocycles. The first-order chi connectivity index (χ1) is 11.9. The lowest BCUT2D eigenvalue weighted by Crippen LogP contribution is -2.42. The molecule has 0 saturated carbocycles. The number of nitrogens with zero attached hydrogens (tertiary/aromatic N) is 1. The van der Waals surface area contributed by atoms with Gasteiger partial charge >= 0.3 is 5.97 Å². The maximum Gasteiger partial charge on any atom is 0.309 e. The van der Waals surface area contributed by atoms with Crippen LogP contribution in [0.2, 0.25) is 0 Å². The minimum absolute atomic E-state index is 0.0605. The highest BCUT2D eigenvalue weighted by Crippen LogP contribution is 2.24. The third kappa shape index (κ3) is 5.32. The maximum absolute atomic E-state index is 12.8. The van der Waals surface area contributed by atoms with Gasteiger partial charge in [0.25, 0.3) is 0 Å². The van der Waals surface area contributed by atoms with Gasteiger partial charge in [0, 0.05) is 13.1 Å². The summed E-state index contributed by atoms with van der Waals surface area (Å²) in [6.07, 6.45) is 2.46. The number of rotatable bonds is 6. The van der Waals surface area contributed by atoms with Crippen molar-refractivity contribution < 1.29 is 14.3 Å². The van der Waals surface area contributed by atoms with E-state index >= 15 is 0 Å². The van der Waals surface area contributed by atoms with Gasteiger partial charge in [-0.2, -0.15) is 0 Å². The zero-order chi connectivity index (χ0) is 18.4. The Balaban J connectivity index is 1.91. The summed E-state index contributed by atoms with van der Waals surface area (Å²) in [6, 6.07) is 8.41. The maximum atomic E-state index is 12.8. The van der Waals surface area contributed by atoms with Crippen LogP contribution in [0.5, 0.6) is 0 Å². The van der Waals surface area contributed by atoms with Gasteiger partial charge in [-0.05, 0) is 50.2 Å². The first-order valence-electron chi connectivity index (χ1n) is 9.46. The van der Waals surface area contributed by atoms with E-state index in [2.05, 4.69) is 38.1 Å². The summed E-state index contributed by atoms with van der Waals surface area (Å²) in [5.41, 5.74) is 2.37. The third-order valence-corrected chi connectivity index (χ3v) is 4.92. The van der Waals surface area contributed by atoms with Crippen molar-refractivity contribution in [1.82, 2.24) is 4.90 Å². The molecule has 4 heteroatoms. The Hall–Kier alpha value is -1.84. The van der Waals surface area contributed by atoms with Gasteiger partial charge in [-0.25, -0.2) is 0 Å². The normalized spacial score (nSPS) is 16.8. The molecule has 0 aliphatic carbocycles. The Morgan fingerprint density at radius 3 is 2.24 bits per heavy atom. The van der Waals surface area contributed by atoms with Crippen LogP contribution in [0.25, 0.3) is 0 Å². The average molecular weight is 345 g/mol. The largest absolute Gasteiger partial charge is 0.466 e. The van der Waals surface area contributed by atoms with E-state index in [9.17, 15) is 9.59 Å². The molecule has 0 unspecified atom stereocenters. The fourth-order valence-electron chi connectivity index (χ4n) is 3.43. The van der Waals surface area contributed by atoms with Crippen molar-refractivity contribution in [3.63, 3.8) is 0 Å². The summed E-state index contributed by atoms with van der Waals surface area (Å²) >= 11 is 0. The molecule has 1 aromatic rings. The van der Waals surface area contributed by atoms with Gasteiger partial charge in [0.2, 0.25) is 5.91 Å². The number of amides is 1. The molecule has 1 amide bonds. The highest BCUT2D eigenvalue weighted by atomic mass is 16.5. The molecular weight excluding hydrogens is 314 g/mol. The molecule has 0 N–H and O–H groups in total. The minimum atomic E-state index is -0.146. The first kappa shape index (κ1) is 19.5. The summed E-state index contributed by atoms with van der Waals surface area (Å²) < 4.78 is 5.09. The molecule has 1 aromatic carbocycles. The van der Waals surface area contributed by atoms with E-state index in [1.807, 2.05) is 18.7 Å². The number of carbonyl (C=O) groups is 2. The summed E-state index contributed by atoms with van der Waals surface area (Å²) in [6.45, 7) is 9.90. The third-order valence-electron chi connectivity index (χ3n) is 4.92. The molecule has 1 atom stereocenters. The number of benzene rings is 1. The number of likely N-dealkylation sites (tertiary alicyclic amines) is 1. The van der Waals surface area contributed by atoms with Crippen molar-refractivity contribution in [3.8, 4) is 0 Å². The van der Waals surface area contributed by atoms with E-state index in [4.69, 9.17) is 4.74 Å². The Kier molecular flexibility index (Phi) is 7.03. The molecule has 0 radical (unpaired) electrons. The zero-order valence-electron chi connectivity index (χ0n) is 16.0. The molecule has 1 saturated heterocycles. The number of esters is 1. The van der Waals surface area contributed by atoms with Gasteiger partial charge in [-0.3, -0.25) is 9.59 Å². The quantitative estimate of drug-likeness (QED) is 0.737. The molecule has 2 rings (SSSR count). The summed E-state index contributed by atoms with van der Waals surface area (Å²) in [5, 5.41) is 0. The van der Waals surface area contributed by atoms with Crippen molar-refractivity contribution in [2.75, 3.05) is 19.7 Å². The van der Waals surface area contributed by atoms with E-state index in [1.54, 1.807) is 0 Å². The van der Waals surface area contributed by atoms with E-state index in [0.29, 0.717) is 38.5 Å². The van der Waals surface area contributed by atoms with E-state index < -0.39 is 0 Å². The standard InChI is InChI=1S/C21H31NO3/c1-5-25-21(24)19-10-12-22(13-11-19)20(23)16(4)18-8-6-17(7-9-18)14-15(2)3/h6-9,15-16,19H,5,10-14H2,1-4H3/t16-/m1/s1. The molecule has 138 valence electrons. The fourth-order valence-corrected chi connectivity index (χ4v) is 3.43. The van der Waals surface area contributed by atoms with Crippen LogP contribution in [-0.2, 0) is 20.7 Å². The zero-order valence-corrected chi connectivity index (χ0v) is 16.0. The second kappa shape index (κ2) is 9.02. The summed E-state index contributed by atoms with van der Waals surface area (Å²) in [5.74, 6) is 0.453. The lowest BCUT2D eigenvalue weighted by atomic mass is 9.93. The highest BCUT2D eigenvalue weighted by molar-refractivity contribution is 5.83. The minimum Gasteiger partial charge on any atom is -0.466 e. The van der Waals surface area contributed by atoms with Crippen LogP contribution in [0.1, 0.15) is 57.6 Å². The molecule has 1 fully saturated rings. The summed E-state index contributed by atoms with van der Waals surface area (Å²) in [4.78, 5) is 26.5. The SMILES string of the molecule is CCOC(=O)C1CCN(C(=O)[C@H](C)c2ccc(CC(C)C)cc2)CC1. The van der Waals surface area contributed by atoms with Gasteiger partial charge in [0.1, 0.15) is 0 Å². The number of ether oxygens (including phenoxy) is 1. The predicted molar refractivity (Wildman–Crippen MR) is 99.3 cm³/mol. The molecule has 0 spiro atoms. The van der Waals surface area contributed by atoms with Gasteiger partial charge in [-0.15, -0.1) is 0 Å². The second-order valence-electron chi connectivity index (χ2n) is 7.41. The topological polar surface area (TPSA) is 46.6 Å². The first-order valence-corrected chi connectivity index (χ1v) is 9.46. The van der Waals surface area contributed by atoms with Crippen LogP contribution < -0.4 is 0 Å². The lowest BCUT2D eigenvalue weighted by Gasteiger charge is -2.32. The van der Waals surface area contributed by atoms with Crippen LogP contribution in [0.3, 0.4) is 0 Å². The van der Waals surface area contributed by atoms with Crippen LogP contribution in [0, 0.1) is 11.8 Å². The highest BCUT2D eigenvalue weighted by Gasteiger charge is 2.30. The number of hydrogen-bond donors (Lipinski definition) is 0. The Labute approximate surface area is 151 Å². The molecule has 0 bridgehead atoms. The van der Waals surface area contributed by atoms with Crippen molar-refractivity contribution in [2.24, 2.45) is 11.8 Å². The summed E-state index contributed by atoms with van der Waals surface area (Å²) in [7, 11) is 0. The number of hydrogen-bond acceptors (Lipinski definition) is 3. The van der Waals surface area contributed by atoms with Gasteiger partial charge in [-0.1, -0.05) is 38.1 Å². The molecule has 0 aromatic heterocycles. The average Bonchev–Trinajstić information content (AvgIpc) is 2.61. The fraction of sp³-hybridized carbons (Fsp3) is 0.619.